The van der Waals surface area contributed by atoms with Crippen LogP contribution in [-0.4, -0.2) is 36.0 Å². The molecule has 0 aliphatic carbocycles. The molecule has 0 spiro atoms. The number of carbonyl (C=O) groups is 1. The van der Waals surface area contributed by atoms with Crippen LogP contribution in [0.5, 0.6) is 0 Å². The molecule has 2 unspecified atom stereocenters. The largest absolute Gasteiger partial charge is 0.462 e. The van der Waals surface area contributed by atoms with E-state index < -0.39 is 0 Å². The van der Waals surface area contributed by atoms with Crippen molar-refractivity contribution in [2.45, 2.75) is 32.6 Å². The second-order valence-corrected chi connectivity index (χ2v) is 4.78. The molecule has 0 fully saturated rings. The van der Waals surface area contributed by atoms with Crippen molar-refractivity contribution in [1.82, 2.24) is 0 Å². The molecule has 106 valence electrons. The molecular formula is C15H22O4. The summed E-state index contributed by atoms with van der Waals surface area (Å²) >= 11 is 0. The van der Waals surface area contributed by atoms with Crippen molar-refractivity contribution < 1.29 is 19.7 Å². The minimum absolute atomic E-state index is 0.0131. The maximum Gasteiger partial charge on any atom is 0.338 e. The fourth-order valence-electron chi connectivity index (χ4n) is 1.79. The molecule has 0 bridgehead atoms. The van der Waals surface area contributed by atoms with Gasteiger partial charge in [0.25, 0.3) is 0 Å². The molecule has 0 aromatic heterocycles. The van der Waals surface area contributed by atoms with Gasteiger partial charge >= 0.3 is 5.97 Å². The van der Waals surface area contributed by atoms with Gasteiger partial charge < -0.3 is 14.9 Å². The molecule has 0 amide bonds. The van der Waals surface area contributed by atoms with E-state index in [0.717, 1.165) is 11.1 Å². The fourth-order valence-corrected chi connectivity index (χ4v) is 1.79. The van der Waals surface area contributed by atoms with Crippen molar-refractivity contribution >= 4 is 5.97 Å². The highest BCUT2D eigenvalue weighted by molar-refractivity contribution is 5.90. The van der Waals surface area contributed by atoms with E-state index in [1.807, 2.05) is 19.9 Å². The van der Waals surface area contributed by atoms with Crippen molar-refractivity contribution in [3.63, 3.8) is 0 Å². The Hall–Kier alpha value is -1.39. The predicted molar refractivity (Wildman–Crippen MR) is 73.4 cm³/mol. The monoisotopic (exact) mass is 266 g/mol. The van der Waals surface area contributed by atoms with Crippen LogP contribution in [0.15, 0.2) is 18.2 Å². The average Bonchev–Trinajstić information content (AvgIpc) is 2.45. The molecule has 2 atom stereocenters. The molecule has 0 aliphatic rings. The highest BCUT2D eigenvalue weighted by atomic mass is 16.5. The Balaban J connectivity index is 3.19. The zero-order chi connectivity index (χ0) is 14.4. The third kappa shape index (κ3) is 4.04. The number of aliphatic hydroxyl groups excluding tert-OH is 2. The maximum absolute atomic E-state index is 11.8. The topological polar surface area (TPSA) is 66.8 Å². The zero-order valence-electron chi connectivity index (χ0n) is 11.7. The number of rotatable bonds is 6. The summed E-state index contributed by atoms with van der Waals surface area (Å²) in [5.74, 6) is -0.487. The lowest BCUT2D eigenvalue weighted by molar-refractivity contribution is 0.0526. The van der Waals surface area contributed by atoms with E-state index in [9.17, 15) is 15.0 Å². The Kier molecular flexibility index (Phi) is 5.99. The van der Waals surface area contributed by atoms with E-state index in [0.29, 0.717) is 12.2 Å². The highest BCUT2D eigenvalue weighted by Gasteiger charge is 2.15. The minimum atomic E-state index is -0.374. The second kappa shape index (κ2) is 7.26. The molecule has 0 aliphatic heterocycles. The van der Waals surface area contributed by atoms with Crippen molar-refractivity contribution in [2.24, 2.45) is 0 Å². The van der Waals surface area contributed by atoms with Crippen molar-refractivity contribution in [3.05, 3.63) is 34.9 Å². The smallest absolute Gasteiger partial charge is 0.338 e. The van der Waals surface area contributed by atoms with Gasteiger partial charge in [-0.15, -0.1) is 0 Å². The summed E-state index contributed by atoms with van der Waals surface area (Å²) in [5, 5.41) is 18.5. The Morgan fingerprint density at radius 3 is 1.95 bits per heavy atom. The van der Waals surface area contributed by atoms with Crippen LogP contribution in [0.4, 0.5) is 0 Å². The van der Waals surface area contributed by atoms with Crippen LogP contribution in [-0.2, 0) is 4.74 Å². The first kappa shape index (κ1) is 15.7. The van der Waals surface area contributed by atoms with Crippen molar-refractivity contribution in [2.75, 3.05) is 19.8 Å². The predicted octanol–water partition coefficient (Wildman–Crippen LogP) is 2.05. The molecular weight excluding hydrogens is 244 g/mol. The van der Waals surface area contributed by atoms with Crippen LogP contribution in [0, 0.1) is 0 Å². The molecule has 4 heteroatoms. The van der Waals surface area contributed by atoms with Gasteiger partial charge in [-0.1, -0.05) is 19.9 Å². The van der Waals surface area contributed by atoms with Crippen LogP contribution in [0.3, 0.4) is 0 Å². The van der Waals surface area contributed by atoms with E-state index in [-0.39, 0.29) is 31.0 Å². The first-order valence-corrected chi connectivity index (χ1v) is 6.57. The maximum atomic E-state index is 11.8. The van der Waals surface area contributed by atoms with Gasteiger partial charge in [0, 0.05) is 25.0 Å². The van der Waals surface area contributed by atoms with Crippen LogP contribution in [0.25, 0.3) is 0 Å². The number of esters is 1. The highest BCUT2D eigenvalue weighted by Crippen LogP contribution is 2.24. The lowest BCUT2D eigenvalue weighted by Gasteiger charge is -2.16. The van der Waals surface area contributed by atoms with Gasteiger partial charge in [-0.05, 0) is 30.2 Å². The molecule has 1 aromatic carbocycles. The molecule has 19 heavy (non-hydrogen) atoms. The third-order valence-corrected chi connectivity index (χ3v) is 3.17. The van der Waals surface area contributed by atoms with E-state index in [1.54, 1.807) is 19.1 Å². The molecule has 1 rings (SSSR count). The van der Waals surface area contributed by atoms with Crippen molar-refractivity contribution in [3.8, 4) is 0 Å². The first-order chi connectivity index (χ1) is 9.03. The minimum Gasteiger partial charge on any atom is -0.462 e. The number of benzene rings is 1. The number of ether oxygens (including phenoxy) is 1. The zero-order valence-corrected chi connectivity index (χ0v) is 11.7. The molecule has 0 heterocycles. The summed E-state index contributed by atoms with van der Waals surface area (Å²) in [4.78, 5) is 11.8. The lowest BCUT2D eigenvalue weighted by Crippen LogP contribution is -2.10. The van der Waals surface area contributed by atoms with Crippen LogP contribution in [0.2, 0.25) is 0 Å². The SMILES string of the molecule is CCOC(=O)c1cc(C(C)CO)cc(C(C)CO)c1. The molecule has 0 radical (unpaired) electrons. The van der Waals surface area contributed by atoms with Gasteiger partial charge in [0.1, 0.15) is 0 Å². The van der Waals surface area contributed by atoms with Crippen molar-refractivity contribution in [1.29, 1.82) is 0 Å². The summed E-state index contributed by atoms with van der Waals surface area (Å²) < 4.78 is 5.00. The molecule has 2 N–H and O–H groups in total. The van der Waals surface area contributed by atoms with Gasteiger partial charge in [-0.3, -0.25) is 0 Å². The molecule has 0 saturated carbocycles. The number of carbonyl (C=O) groups excluding carboxylic acids is 1. The summed E-state index contributed by atoms with van der Waals surface area (Å²) in [5.41, 5.74) is 2.22. The summed E-state index contributed by atoms with van der Waals surface area (Å²) in [6, 6.07) is 5.41. The Morgan fingerprint density at radius 1 is 1.11 bits per heavy atom. The van der Waals surface area contributed by atoms with Crippen LogP contribution >= 0.6 is 0 Å². The van der Waals surface area contributed by atoms with Crippen LogP contribution in [0.1, 0.15) is 54.1 Å². The van der Waals surface area contributed by atoms with E-state index >= 15 is 0 Å². The third-order valence-electron chi connectivity index (χ3n) is 3.17. The number of aliphatic hydroxyl groups is 2. The molecule has 4 nitrogen and oxygen atoms in total. The summed E-state index contributed by atoms with van der Waals surface area (Å²) in [6.07, 6.45) is 0. The second-order valence-electron chi connectivity index (χ2n) is 4.78. The Labute approximate surface area is 114 Å². The van der Waals surface area contributed by atoms with Gasteiger partial charge in [-0.25, -0.2) is 4.79 Å². The fraction of sp³-hybridized carbons (Fsp3) is 0.533. The normalized spacial score (nSPS) is 13.9. The van der Waals surface area contributed by atoms with E-state index in [1.165, 1.54) is 0 Å². The van der Waals surface area contributed by atoms with Gasteiger partial charge in [0.05, 0.1) is 12.2 Å². The number of hydrogen-bond donors (Lipinski definition) is 2. The standard InChI is InChI=1S/C15H22O4/c1-4-19-15(18)14-6-12(10(2)8-16)5-13(7-14)11(3)9-17/h5-7,10-11,16-17H,4,8-9H2,1-3H3. The average molecular weight is 266 g/mol. The Morgan fingerprint density at radius 2 is 1.58 bits per heavy atom. The van der Waals surface area contributed by atoms with E-state index in [4.69, 9.17) is 4.74 Å². The van der Waals surface area contributed by atoms with Gasteiger partial charge in [0.15, 0.2) is 0 Å². The molecule has 0 saturated heterocycles. The quantitative estimate of drug-likeness (QED) is 0.773. The Bertz CT molecular complexity index is 400. The van der Waals surface area contributed by atoms with Gasteiger partial charge in [0.2, 0.25) is 0 Å². The van der Waals surface area contributed by atoms with Gasteiger partial charge in [-0.2, -0.15) is 0 Å². The first-order valence-electron chi connectivity index (χ1n) is 6.57. The number of hydrogen-bond acceptors (Lipinski definition) is 4. The lowest BCUT2D eigenvalue weighted by atomic mass is 9.92. The summed E-state index contributed by atoms with van der Waals surface area (Å²) in [6.45, 7) is 5.88. The summed E-state index contributed by atoms with van der Waals surface area (Å²) in [7, 11) is 0. The van der Waals surface area contributed by atoms with E-state index in [2.05, 4.69) is 0 Å². The molecule has 1 aromatic rings. The van der Waals surface area contributed by atoms with Crippen LogP contribution < -0.4 is 0 Å².